The summed E-state index contributed by atoms with van der Waals surface area (Å²) in [4.78, 5) is 26.3. The zero-order chi connectivity index (χ0) is 17.0. The van der Waals surface area contributed by atoms with Gasteiger partial charge in [-0.3, -0.25) is 4.79 Å². The highest BCUT2D eigenvalue weighted by Gasteiger charge is 2.33. The third kappa shape index (κ3) is 4.56. The molecule has 1 aromatic rings. The van der Waals surface area contributed by atoms with E-state index in [9.17, 15) is 9.59 Å². The van der Waals surface area contributed by atoms with Crippen LogP contribution in [0.4, 0.5) is 4.79 Å². The van der Waals surface area contributed by atoms with Crippen LogP contribution >= 0.6 is 0 Å². The lowest BCUT2D eigenvalue weighted by molar-refractivity contribution is 0.0223. The molecule has 0 saturated carbocycles. The van der Waals surface area contributed by atoms with Crippen molar-refractivity contribution in [2.24, 2.45) is 0 Å². The zero-order valence-corrected chi connectivity index (χ0v) is 13.8. The van der Waals surface area contributed by atoms with Crippen molar-refractivity contribution in [3.8, 4) is 6.07 Å². The SMILES string of the molecule is CC(C)(C)OC(=O)N1CCCC1CC(=O)c1ccc(C#N)cc1. The lowest BCUT2D eigenvalue weighted by atomic mass is 10.0. The molecule has 0 radical (unpaired) electrons. The Morgan fingerprint density at radius 3 is 2.52 bits per heavy atom. The average Bonchev–Trinajstić information content (AvgIpc) is 2.94. The molecule has 1 heterocycles. The van der Waals surface area contributed by atoms with Crippen LogP contribution in [-0.2, 0) is 4.74 Å². The number of benzene rings is 1. The van der Waals surface area contributed by atoms with E-state index in [-0.39, 0.29) is 24.3 Å². The van der Waals surface area contributed by atoms with E-state index in [1.54, 1.807) is 29.2 Å². The van der Waals surface area contributed by atoms with Gasteiger partial charge < -0.3 is 9.64 Å². The first-order chi connectivity index (χ1) is 10.8. The van der Waals surface area contributed by atoms with Crippen LogP contribution < -0.4 is 0 Å². The van der Waals surface area contributed by atoms with Crippen LogP contribution in [0, 0.1) is 11.3 Å². The molecular formula is C18H22N2O3. The number of carbonyl (C=O) groups is 2. The maximum atomic E-state index is 12.4. The number of likely N-dealkylation sites (tertiary alicyclic amines) is 1. The van der Waals surface area contributed by atoms with Gasteiger partial charge in [0.2, 0.25) is 0 Å². The van der Waals surface area contributed by atoms with Crippen molar-refractivity contribution in [2.45, 2.75) is 51.7 Å². The second-order valence-electron chi connectivity index (χ2n) is 6.79. The lowest BCUT2D eigenvalue weighted by Crippen LogP contribution is -2.40. The van der Waals surface area contributed by atoms with Crippen LogP contribution in [0.1, 0.15) is 56.0 Å². The molecular weight excluding hydrogens is 292 g/mol. The van der Waals surface area contributed by atoms with E-state index >= 15 is 0 Å². The summed E-state index contributed by atoms with van der Waals surface area (Å²) in [6.45, 7) is 6.12. The number of carbonyl (C=O) groups excluding carboxylic acids is 2. The first kappa shape index (κ1) is 17.0. The predicted molar refractivity (Wildman–Crippen MR) is 86.1 cm³/mol. The fraction of sp³-hybridized carbons (Fsp3) is 0.500. The highest BCUT2D eigenvalue weighted by atomic mass is 16.6. The van der Waals surface area contributed by atoms with E-state index in [2.05, 4.69) is 0 Å². The molecule has 0 aromatic heterocycles. The number of hydrogen-bond donors (Lipinski definition) is 0. The molecule has 5 nitrogen and oxygen atoms in total. The molecule has 1 unspecified atom stereocenters. The number of nitrogens with zero attached hydrogens (tertiary/aromatic N) is 2. The molecule has 122 valence electrons. The largest absolute Gasteiger partial charge is 0.444 e. The first-order valence-corrected chi connectivity index (χ1v) is 7.83. The van der Waals surface area contributed by atoms with Crippen molar-refractivity contribution < 1.29 is 14.3 Å². The summed E-state index contributed by atoms with van der Waals surface area (Å²) in [5.74, 6) is -0.0186. The van der Waals surface area contributed by atoms with E-state index in [0.717, 1.165) is 12.8 Å². The van der Waals surface area contributed by atoms with Gasteiger partial charge >= 0.3 is 6.09 Å². The molecule has 1 aromatic carbocycles. The number of ketones is 1. The number of amides is 1. The van der Waals surface area contributed by atoms with Crippen molar-refractivity contribution in [2.75, 3.05) is 6.54 Å². The van der Waals surface area contributed by atoms with Gasteiger partial charge in [0.1, 0.15) is 5.60 Å². The monoisotopic (exact) mass is 314 g/mol. The van der Waals surface area contributed by atoms with Crippen LogP contribution in [0.3, 0.4) is 0 Å². The van der Waals surface area contributed by atoms with E-state index in [1.807, 2.05) is 26.8 Å². The summed E-state index contributed by atoms with van der Waals surface area (Å²) >= 11 is 0. The van der Waals surface area contributed by atoms with E-state index in [1.165, 1.54) is 0 Å². The van der Waals surface area contributed by atoms with Gasteiger partial charge in [-0.2, -0.15) is 5.26 Å². The van der Waals surface area contributed by atoms with Crippen molar-refractivity contribution >= 4 is 11.9 Å². The molecule has 1 atom stereocenters. The number of nitriles is 1. The number of rotatable bonds is 3. The Kier molecular flexibility index (Phi) is 5.05. The molecule has 5 heteroatoms. The van der Waals surface area contributed by atoms with E-state index in [4.69, 9.17) is 10.00 Å². The molecule has 2 rings (SSSR count). The third-order valence-corrected chi connectivity index (χ3v) is 3.76. The Bertz CT molecular complexity index is 623. The van der Waals surface area contributed by atoms with Crippen molar-refractivity contribution in [1.82, 2.24) is 4.90 Å². The Hall–Kier alpha value is -2.35. The molecule has 1 fully saturated rings. The molecule has 0 spiro atoms. The van der Waals surface area contributed by atoms with Crippen molar-refractivity contribution in [3.05, 3.63) is 35.4 Å². The van der Waals surface area contributed by atoms with Gasteiger partial charge in [0, 0.05) is 24.6 Å². The molecule has 1 amide bonds. The Morgan fingerprint density at radius 1 is 1.30 bits per heavy atom. The number of ether oxygens (including phenoxy) is 1. The highest BCUT2D eigenvalue weighted by molar-refractivity contribution is 5.96. The lowest BCUT2D eigenvalue weighted by Gasteiger charge is -2.28. The Labute approximate surface area is 136 Å². The van der Waals surface area contributed by atoms with E-state index in [0.29, 0.717) is 17.7 Å². The van der Waals surface area contributed by atoms with Gasteiger partial charge in [-0.25, -0.2) is 4.79 Å². The minimum absolute atomic E-state index is 0.0186. The molecule has 0 N–H and O–H groups in total. The fourth-order valence-electron chi connectivity index (χ4n) is 2.67. The minimum Gasteiger partial charge on any atom is -0.444 e. The van der Waals surface area contributed by atoms with Crippen molar-refractivity contribution in [1.29, 1.82) is 5.26 Å². The van der Waals surface area contributed by atoms with Gasteiger partial charge in [0.05, 0.1) is 11.6 Å². The third-order valence-electron chi connectivity index (χ3n) is 3.76. The van der Waals surface area contributed by atoms with Crippen molar-refractivity contribution in [3.63, 3.8) is 0 Å². The zero-order valence-electron chi connectivity index (χ0n) is 13.8. The van der Waals surface area contributed by atoms with Gasteiger partial charge in [-0.15, -0.1) is 0 Å². The molecule has 0 bridgehead atoms. The maximum Gasteiger partial charge on any atom is 0.410 e. The first-order valence-electron chi connectivity index (χ1n) is 7.83. The van der Waals surface area contributed by atoms with Crippen LogP contribution in [0.2, 0.25) is 0 Å². The second-order valence-corrected chi connectivity index (χ2v) is 6.79. The Morgan fingerprint density at radius 2 is 1.96 bits per heavy atom. The average molecular weight is 314 g/mol. The topological polar surface area (TPSA) is 70.4 Å². The summed E-state index contributed by atoms with van der Waals surface area (Å²) in [6, 6.07) is 8.50. The van der Waals surface area contributed by atoms with Gasteiger partial charge in [-0.1, -0.05) is 12.1 Å². The normalized spacial score (nSPS) is 17.7. The van der Waals surface area contributed by atoms with Gasteiger partial charge in [0.15, 0.2) is 5.78 Å². The molecule has 1 saturated heterocycles. The molecule has 1 aliphatic rings. The predicted octanol–water partition coefficient (Wildman–Crippen LogP) is 3.53. The smallest absolute Gasteiger partial charge is 0.410 e. The van der Waals surface area contributed by atoms with Crippen LogP contribution in [0.25, 0.3) is 0 Å². The summed E-state index contributed by atoms with van der Waals surface area (Å²) in [7, 11) is 0. The molecule has 1 aliphatic heterocycles. The highest BCUT2D eigenvalue weighted by Crippen LogP contribution is 2.24. The van der Waals surface area contributed by atoms with Gasteiger partial charge in [0.25, 0.3) is 0 Å². The Balaban J connectivity index is 2.01. The summed E-state index contributed by atoms with van der Waals surface area (Å²) in [5, 5.41) is 8.79. The summed E-state index contributed by atoms with van der Waals surface area (Å²) in [5.41, 5.74) is 0.555. The fourth-order valence-corrected chi connectivity index (χ4v) is 2.67. The quantitative estimate of drug-likeness (QED) is 0.800. The second kappa shape index (κ2) is 6.82. The standard InChI is InChI=1S/C18H22N2O3/c1-18(2,3)23-17(22)20-10-4-5-15(20)11-16(21)14-8-6-13(12-19)7-9-14/h6-9,15H,4-5,10-11H2,1-3H3. The van der Waals surface area contributed by atoms with Crippen LogP contribution in [-0.4, -0.2) is 35.0 Å². The minimum atomic E-state index is -0.540. The number of hydrogen-bond acceptors (Lipinski definition) is 4. The number of Topliss-reactive ketones (excluding diaryl/α,β-unsaturated/α-hetero) is 1. The van der Waals surface area contributed by atoms with Gasteiger partial charge in [-0.05, 0) is 45.7 Å². The maximum absolute atomic E-state index is 12.4. The van der Waals surface area contributed by atoms with E-state index < -0.39 is 5.60 Å². The van der Waals surface area contributed by atoms with Crippen LogP contribution in [0.15, 0.2) is 24.3 Å². The molecule has 23 heavy (non-hydrogen) atoms. The summed E-state index contributed by atoms with van der Waals surface area (Å²) < 4.78 is 5.41. The summed E-state index contributed by atoms with van der Waals surface area (Å²) in [6.07, 6.45) is 1.62. The van der Waals surface area contributed by atoms with Crippen LogP contribution in [0.5, 0.6) is 0 Å². The molecule has 0 aliphatic carbocycles.